The molecule has 3 rings (SSSR count). The Balaban J connectivity index is 1.79. The molecule has 3 aromatic rings. The van der Waals surface area contributed by atoms with Crippen LogP contribution in [0.2, 0.25) is 0 Å². The van der Waals surface area contributed by atoms with Crippen molar-refractivity contribution in [2.24, 2.45) is 7.05 Å². The smallest absolute Gasteiger partial charge is 0.332 e. The molecule has 2 N–H and O–H groups in total. The molecule has 0 aliphatic heterocycles. The van der Waals surface area contributed by atoms with Crippen LogP contribution in [0.15, 0.2) is 49.6 Å². The molecule has 0 spiro atoms. The van der Waals surface area contributed by atoms with Gasteiger partial charge in [0, 0.05) is 12.4 Å². The van der Waals surface area contributed by atoms with Gasteiger partial charge >= 0.3 is 11.7 Å². The highest BCUT2D eigenvalue weighted by molar-refractivity contribution is 8.01. The Kier molecular flexibility index (Phi) is 7.65. The molecular formula is C21H22N4O5S2. The minimum atomic E-state index is -0.732. The Morgan fingerprint density at radius 3 is 2.62 bits per heavy atom. The van der Waals surface area contributed by atoms with Crippen molar-refractivity contribution in [1.82, 2.24) is 14.1 Å². The van der Waals surface area contributed by atoms with Gasteiger partial charge in [0.05, 0.1) is 31.0 Å². The number of rotatable bonds is 9. The van der Waals surface area contributed by atoms with Crippen molar-refractivity contribution in [3.63, 3.8) is 0 Å². The normalized spacial score (nSPS) is 10.8. The van der Waals surface area contributed by atoms with E-state index < -0.39 is 17.0 Å². The summed E-state index contributed by atoms with van der Waals surface area (Å²) in [6, 6.07) is 9.14. The molecule has 2 heterocycles. The molecule has 2 aromatic heterocycles. The molecule has 0 unspecified atom stereocenters. The first-order chi connectivity index (χ1) is 15.3. The van der Waals surface area contributed by atoms with Crippen molar-refractivity contribution >= 4 is 40.7 Å². The van der Waals surface area contributed by atoms with Gasteiger partial charge in [-0.1, -0.05) is 42.1 Å². The molecule has 0 atom stereocenters. The van der Waals surface area contributed by atoms with E-state index in [-0.39, 0.29) is 36.1 Å². The third kappa shape index (κ3) is 5.35. The van der Waals surface area contributed by atoms with Gasteiger partial charge in [0.1, 0.15) is 11.4 Å². The van der Waals surface area contributed by atoms with Crippen LogP contribution in [0.25, 0.3) is 0 Å². The number of thiazole rings is 1. The second-order valence-electron chi connectivity index (χ2n) is 6.78. The van der Waals surface area contributed by atoms with Crippen LogP contribution in [0.3, 0.4) is 0 Å². The zero-order chi connectivity index (χ0) is 23.3. The zero-order valence-corrected chi connectivity index (χ0v) is 19.2. The molecule has 168 valence electrons. The maximum atomic E-state index is 12.9. The fourth-order valence-corrected chi connectivity index (χ4v) is 4.68. The van der Waals surface area contributed by atoms with E-state index in [1.54, 1.807) is 12.3 Å². The lowest BCUT2D eigenvalue weighted by Crippen LogP contribution is -2.43. The van der Waals surface area contributed by atoms with Gasteiger partial charge in [-0.05, 0) is 12.5 Å². The number of hydrogen-bond donors (Lipinski definition) is 1. The molecule has 32 heavy (non-hydrogen) atoms. The Hall–Kier alpha value is -3.18. The first-order valence-electron chi connectivity index (χ1n) is 9.71. The van der Waals surface area contributed by atoms with Crippen LogP contribution in [-0.2, 0) is 29.5 Å². The molecule has 9 nitrogen and oxygen atoms in total. The van der Waals surface area contributed by atoms with E-state index in [4.69, 9.17) is 10.5 Å². The van der Waals surface area contributed by atoms with Crippen LogP contribution in [0.1, 0.15) is 28.5 Å². The monoisotopic (exact) mass is 474 g/mol. The molecule has 0 saturated heterocycles. The molecule has 0 bridgehead atoms. The van der Waals surface area contributed by atoms with Gasteiger partial charge in [0.2, 0.25) is 0 Å². The van der Waals surface area contributed by atoms with Crippen LogP contribution < -0.4 is 17.0 Å². The van der Waals surface area contributed by atoms with Crippen LogP contribution in [0.5, 0.6) is 0 Å². The first-order valence-corrected chi connectivity index (χ1v) is 11.6. The number of Topliss-reactive ketones (excluding diaryl/α,β-unsaturated/α-hetero) is 1. The molecule has 0 aliphatic carbocycles. The number of ketones is 1. The fraction of sp³-hybridized carbons (Fsp3) is 0.286. The number of carbonyl (C=O) groups is 2. The van der Waals surface area contributed by atoms with Crippen molar-refractivity contribution in [3.8, 4) is 0 Å². The second kappa shape index (κ2) is 10.4. The van der Waals surface area contributed by atoms with E-state index in [9.17, 15) is 19.2 Å². The lowest BCUT2D eigenvalue weighted by molar-refractivity contribution is -0.142. The van der Waals surface area contributed by atoms with E-state index in [1.807, 2.05) is 30.3 Å². The number of carbonyl (C=O) groups excluding carboxylic acids is 2. The van der Waals surface area contributed by atoms with E-state index in [2.05, 4.69) is 4.98 Å². The quantitative estimate of drug-likeness (QED) is 0.282. The van der Waals surface area contributed by atoms with Gasteiger partial charge < -0.3 is 10.5 Å². The molecule has 11 heteroatoms. The average molecular weight is 475 g/mol. The summed E-state index contributed by atoms with van der Waals surface area (Å²) in [6.45, 7) is 2.16. The molecule has 0 saturated carbocycles. The zero-order valence-electron chi connectivity index (χ0n) is 17.6. The Bertz CT molecular complexity index is 1250. The van der Waals surface area contributed by atoms with E-state index in [1.165, 1.54) is 23.0 Å². The maximum Gasteiger partial charge on any atom is 0.332 e. The number of nitrogens with zero attached hydrogens (tertiary/aromatic N) is 3. The third-order valence-corrected chi connectivity index (χ3v) is 6.60. The minimum absolute atomic E-state index is 0.0524. The second-order valence-corrected chi connectivity index (χ2v) is 8.86. The predicted octanol–water partition coefficient (Wildman–Crippen LogP) is 1.71. The van der Waals surface area contributed by atoms with E-state index in [0.29, 0.717) is 16.6 Å². The fourth-order valence-electron chi connectivity index (χ4n) is 2.96. The van der Waals surface area contributed by atoms with E-state index in [0.717, 1.165) is 21.9 Å². The number of thioether (sulfide) groups is 1. The van der Waals surface area contributed by atoms with Crippen LogP contribution >= 0.6 is 23.1 Å². The third-order valence-electron chi connectivity index (χ3n) is 4.53. The first kappa shape index (κ1) is 23.5. The predicted molar refractivity (Wildman–Crippen MR) is 123 cm³/mol. The van der Waals surface area contributed by atoms with Crippen molar-refractivity contribution in [2.45, 2.75) is 24.2 Å². The molecule has 0 fully saturated rings. The van der Waals surface area contributed by atoms with Gasteiger partial charge in [-0.15, -0.1) is 11.3 Å². The van der Waals surface area contributed by atoms with Gasteiger partial charge in [0.25, 0.3) is 5.56 Å². The summed E-state index contributed by atoms with van der Waals surface area (Å²) >= 11 is 2.42. The summed E-state index contributed by atoms with van der Waals surface area (Å²) in [7, 11) is 1.32. The summed E-state index contributed by atoms with van der Waals surface area (Å²) in [5.74, 6) is -1.12. The summed E-state index contributed by atoms with van der Waals surface area (Å²) in [4.78, 5) is 54.0. The summed E-state index contributed by atoms with van der Waals surface area (Å²) in [5, 5.41) is 1.72. The molecule has 1 aromatic carbocycles. The van der Waals surface area contributed by atoms with Gasteiger partial charge in [-0.25, -0.2) is 9.78 Å². The number of hydrogen-bond acceptors (Lipinski definition) is 9. The van der Waals surface area contributed by atoms with Gasteiger partial charge in [0.15, 0.2) is 10.1 Å². The Morgan fingerprint density at radius 2 is 1.94 bits per heavy atom. The lowest BCUT2D eigenvalue weighted by Gasteiger charge is -2.14. The van der Waals surface area contributed by atoms with Crippen molar-refractivity contribution in [2.75, 3.05) is 18.1 Å². The summed E-state index contributed by atoms with van der Waals surface area (Å²) < 4.78 is 7.58. The lowest BCUT2D eigenvalue weighted by atomic mass is 10.2. The largest absolute Gasteiger partial charge is 0.466 e. The number of ether oxygens (including phenoxy) is 1. The van der Waals surface area contributed by atoms with Crippen molar-refractivity contribution in [1.29, 1.82) is 0 Å². The highest BCUT2D eigenvalue weighted by Gasteiger charge is 2.22. The minimum Gasteiger partial charge on any atom is -0.466 e. The Labute approximate surface area is 191 Å². The summed E-state index contributed by atoms with van der Waals surface area (Å²) in [6.07, 6.45) is 0.0524. The number of aromatic nitrogens is 3. The Morgan fingerprint density at radius 1 is 1.22 bits per heavy atom. The number of benzene rings is 1. The standard InChI is InChI=1S/C21H22N4O5S2/c1-3-30-16(27)9-14-11-31-20(23-14)32-12-15(26)17-18(22)25(21(29)24(2)19(17)28)10-13-7-5-4-6-8-13/h4-8,11H,3,9-10,12,22H2,1-2H3. The van der Waals surface area contributed by atoms with Crippen LogP contribution in [0.4, 0.5) is 5.82 Å². The summed E-state index contributed by atoms with van der Waals surface area (Å²) in [5.41, 5.74) is 5.93. The number of anilines is 1. The number of nitrogen functional groups attached to an aromatic ring is 1. The number of esters is 1. The average Bonchev–Trinajstić information content (AvgIpc) is 3.22. The van der Waals surface area contributed by atoms with E-state index >= 15 is 0 Å². The van der Waals surface area contributed by atoms with Crippen LogP contribution in [-0.4, -0.2) is 38.2 Å². The van der Waals surface area contributed by atoms with Crippen molar-refractivity contribution < 1.29 is 14.3 Å². The maximum absolute atomic E-state index is 12.9. The number of nitrogens with two attached hydrogens (primary N) is 1. The SMILES string of the molecule is CCOC(=O)Cc1csc(SCC(=O)c2c(N)n(Cc3ccccc3)c(=O)n(C)c2=O)n1. The molecule has 0 aliphatic rings. The van der Waals surface area contributed by atoms with Crippen LogP contribution in [0, 0.1) is 0 Å². The molecule has 0 amide bonds. The van der Waals surface area contributed by atoms with Crippen molar-refractivity contribution in [3.05, 3.63) is 73.4 Å². The molecule has 0 radical (unpaired) electrons. The molecular weight excluding hydrogens is 452 g/mol. The topological polar surface area (TPSA) is 126 Å². The highest BCUT2D eigenvalue weighted by Crippen LogP contribution is 2.24. The van der Waals surface area contributed by atoms with Gasteiger partial charge in [-0.2, -0.15) is 0 Å². The highest BCUT2D eigenvalue weighted by atomic mass is 32.2. The van der Waals surface area contributed by atoms with Gasteiger partial charge in [-0.3, -0.25) is 23.5 Å².